The van der Waals surface area contributed by atoms with Crippen LogP contribution in [-0.2, 0) is 5.54 Å². The van der Waals surface area contributed by atoms with Gasteiger partial charge in [0, 0.05) is 11.1 Å². The molecule has 0 aliphatic rings. The second-order valence-electron chi connectivity index (χ2n) is 3.81. The molecule has 0 bridgehead atoms. The zero-order chi connectivity index (χ0) is 10.2. The van der Waals surface area contributed by atoms with Crippen LogP contribution in [0.1, 0.15) is 25.0 Å². The van der Waals surface area contributed by atoms with Crippen molar-refractivity contribution in [2.24, 2.45) is 5.73 Å². The minimum atomic E-state index is -0.861. The number of benzene rings is 1. The number of nitrogens with two attached hydrogens (primary N) is 1. The summed E-state index contributed by atoms with van der Waals surface area (Å²) in [4.78, 5) is 0. The van der Waals surface area contributed by atoms with Crippen molar-refractivity contribution in [1.82, 2.24) is 0 Å². The highest BCUT2D eigenvalue weighted by atomic mass is 19.1. The van der Waals surface area contributed by atoms with Gasteiger partial charge in [-0.3, -0.25) is 0 Å². The normalized spacial score (nSPS) is 11.8. The Balaban J connectivity index is 3.43. The van der Waals surface area contributed by atoms with Crippen LogP contribution in [0.2, 0.25) is 0 Å². The molecule has 0 amide bonds. The van der Waals surface area contributed by atoms with Crippen molar-refractivity contribution in [2.75, 3.05) is 0 Å². The lowest BCUT2D eigenvalue weighted by molar-refractivity contribution is 0.418. The third-order valence-electron chi connectivity index (χ3n) is 1.97. The van der Waals surface area contributed by atoms with E-state index in [0.29, 0.717) is 5.56 Å². The Morgan fingerprint density at radius 2 is 1.92 bits per heavy atom. The van der Waals surface area contributed by atoms with Gasteiger partial charge in [0.2, 0.25) is 0 Å². The molecular formula is C10H14FNO. The first-order chi connectivity index (χ1) is 5.84. The maximum absolute atomic E-state index is 13.3. The summed E-state index contributed by atoms with van der Waals surface area (Å²) in [6.45, 7) is 5.03. The molecule has 0 saturated heterocycles. The quantitative estimate of drug-likeness (QED) is 0.699. The molecule has 0 radical (unpaired) electrons. The highest BCUT2D eigenvalue weighted by molar-refractivity contribution is 5.43. The van der Waals surface area contributed by atoms with E-state index < -0.39 is 11.4 Å². The predicted octanol–water partition coefficient (Wildman–Crippen LogP) is 2.03. The van der Waals surface area contributed by atoms with Crippen LogP contribution in [0.3, 0.4) is 0 Å². The molecule has 0 heterocycles. The Kier molecular flexibility index (Phi) is 2.30. The fourth-order valence-electron chi connectivity index (χ4n) is 1.28. The Morgan fingerprint density at radius 1 is 1.38 bits per heavy atom. The van der Waals surface area contributed by atoms with E-state index in [1.54, 1.807) is 20.8 Å². The lowest BCUT2D eigenvalue weighted by atomic mass is 9.92. The van der Waals surface area contributed by atoms with Crippen molar-refractivity contribution in [3.05, 3.63) is 29.1 Å². The molecule has 3 heteroatoms. The Morgan fingerprint density at radius 3 is 2.31 bits per heavy atom. The number of halogens is 1. The number of hydrogen-bond donors (Lipinski definition) is 2. The van der Waals surface area contributed by atoms with Crippen LogP contribution < -0.4 is 5.73 Å². The van der Waals surface area contributed by atoms with E-state index >= 15 is 0 Å². The Labute approximate surface area is 77.2 Å². The number of aromatic hydroxyl groups is 1. The van der Waals surface area contributed by atoms with E-state index in [-0.39, 0.29) is 11.3 Å². The van der Waals surface area contributed by atoms with Gasteiger partial charge in [-0.15, -0.1) is 0 Å². The lowest BCUT2D eigenvalue weighted by Gasteiger charge is -2.21. The molecule has 0 saturated carbocycles. The molecule has 0 aliphatic heterocycles. The molecule has 0 aromatic heterocycles. The first-order valence-corrected chi connectivity index (χ1v) is 4.11. The van der Waals surface area contributed by atoms with Crippen LogP contribution >= 0.6 is 0 Å². The van der Waals surface area contributed by atoms with Crippen molar-refractivity contribution in [3.63, 3.8) is 0 Å². The van der Waals surface area contributed by atoms with Gasteiger partial charge >= 0.3 is 0 Å². The first kappa shape index (κ1) is 9.99. The second-order valence-corrected chi connectivity index (χ2v) is 3.81. The molecule has 0 spiro atoms. The van der Waals surface area contributed by atoms with E-state index in [9.17, 15) is 9.50 Å². The van der Waals surface area contributed by atoms with Gasteiger partial charge < -0.3 is 10.8 Å². The largest absolute Gasteiger partial charge is 0.507 e. The molecule has 0 atom stereocenters. The monoisotopic (exact) mass is 183 g/mol. The summed E-state index contributed by atoms with van der Waals surface area (Å²) in [5.74, 6) is -0.511. The number of hydrogen-bond acceptors (Lipinski definition) is 2. The van der Waals surface area contributed by atoms with Crippen LogP contribution in [-0.4, -0.2) is 5.11 Å². The minimum Gasteiger partial charge on any atom is -0.507 e. The molecule has 13 heavy (non-hydrogen) atoms. The molecular weight excluding hydrogens is 169 g/mol. The lowest BCUT2D eigenvalue weighted by Crippen LogP contribution is -2.30. The standard InChI is InChI=1S/C10H14FNO/c1-6-4-5-7(11)8(9(6)13)10(2,3)12/h4-5,13H,12H2,1-3H3. The average Bonchev–Trinajstić information content (AvgIpc) is 1.95. The third kappa shape index (κ3) is 1.80. The van der Waals surface area contributed by atoms with Crippen LogP contribution in [0.5, 0.6) is 5.75 Å². The molecule has 1 aromatic rings. The van der Waals surface area contributed by atoms with E-state index in [0.717, 1.165) is 0 Å². The van der Waals surface area contributed by atoms with Gasteiger partial charge in [-0.05, 0) is 32.4 Å². The average molecular weight is 183 g/mol. The van der Waals surface area contributed by atoms with Gasteiger partial charge in [0.05, 0.1) is 0 Å². The van der Waals surface area contributed by atoms with E-state index in [1.807, 2.05) is 0 Å². The van der Waals surface area contributed by atoms with Crippen LogP contribution in [0, 0.1) is 12.7 Å². The molecule has 3 N–H and O–H groups in total. The van der Waals surface area contributed by atoms with Crippen LogP contribution in [0.4, 0.5) is 4.39 Å². The smallest absolute Gasteiger partial charge is 0.131 e. The Bertz CT molecular complexity index is 328. The highest BCUT2D eigenvalue weighted by Crippen LogP contribution is 2.31. The SMILES string of the molecule is Cc1ccc(F)c(C(C)(C)N)c1O. The van der Waals surface area contributed by atoms with E-state index in [4.69, 9.17) is 5.73 Å². The summed E-state index contributed by atoms with van der Waals surface area (Å²) in [7, 11) is 0. The van der Waals surface area contributed by atoms with Crippen LogP contribution in [0.25, 0.3) is 0 Å². The summed E-state index contributed by atoms with van der Waals surface area (Å²) in [5, 5.41) is 9.59. The number of aryl methyl sites for hydroxylation is 1. The van der Waals surface area contributed by atoms with Gasteiger partial charge in [-0.25, -0.2) is 4.39 Å². The summed E-state index contributed by atoms with van der Waals surface area (Å²) < 4.78 is 13.3. The fourth-order valence-corrected chi connectivity index (χ4v) is 1.28. The maximum Gasteiger partial charge on any atom is 0.131 e. The number of phenols is 1. The highest BCUT2D eigenvalue weighted by Gasteiger charge is 2.23. The third-order valence-corrected chi connectivity index (χ3v) is 1.97. The number of phenolic OH excluding ortho intramolecular Hbond substituents is 1. The second kappa shape index (κ2) is 3.00. The molecule has 72 valence electrons. The number of rotatable bonds is 1. The molecule has 2 nitrogen and oxygen atoms in total. The summed E-state index contributed by atoms with van der Waals surface area (Å²) >= 11 is 0. The minimum absolute atomic E-state index is 0.0486. The molecule has 1 rings (SSSR count). The van der Waals surface area contributed by atoms with Crippen molar-refractivity contribution in [3.8, 4) is 5.75 Å². The van der Waals surface area contributed by atoms with Crippen molar-refractivity contribution < 1.29 is 9.50 Å². The zero-order valence-electron chi connectivity index (χ0n) is 8.06. The van der Waals surface area contributed by atoms with E-state index in [1.165, 1.54) is 12.1 Å². The summed E-state index contributed by atoms with van der Waals surface area (Å²) in [6.07, 6.45) is 0. The van der Waals surface area contributed by atoms with Gasteiger partial charge in [0.25, 0.3) is 0 Å². The van der Waals surface area contributed by atoms with E-state index in [2.05, 4.69) is 0 Å². The fraction of sp³-hybridized carbons (Fsp3) is 0.400. The van der Waals surface area contributed by atoms with Crippen LogP contribution in [0.15, 0.2) is 12.1 Å². The predicted molar refractivity (Wildman–Crippen MR) is 50.0 cm³/mol. The summed E-state index contributed by atoms with van der Waals surface area (Å²) in [6, 6.07) is 2.85. The topological polar surface area (TPSA) is 46.2 Å². The maximum atomic E-state index is 13.3. The summed E-state index contributed by atoms with van der Waals surface area (Å²) in [5.41, 5.74) is 5.67. The molecule has 0 fully saturated rings. The Hall–Kier alpha value is -1.09. The first-order valence-electron chi connectivity index (χ1n) is 4.11. The van der Waals surface area contributed by atoms with Crippen molar-refractivity contribution in [1.29, 1.82) is 0 Å². The van der Waals surface area contributed by atoms with Gasteiger partial charge in [0.1, 0.15) is 11.6 Å². The molecule has 0 aliphatic carbocycles. The van der Waals surface area contributed by atoms with Crippen molar-refractivity contribution in [2.45, 2.75) is 26.3 Å². The van der Waals surface area contributed by atoms with Gasteiger partial charge in [-0.2, -0.15) is 0 Å². The van der Waals surface area contributed by atoms with Gasteiger partial charge in [-0.1, -0.05) is 6.07 Å². The molecule has 0 unspecified atom stereocenters. The molecule has 1 aromatic carbocycles. The zero-order valence-corrected chi connectivity index (χ0v) is 8.06. The van der Waals surface area contributed by atoms with Gasteiger partial charge in [0.15, 0.2) is 0 Å². The van der Waals surface area contributed by atoms with Crippen molar-refractivity contribution >= 4 is 0 Å².